The van der Waals surface area contributed by atoms with Crippen LogP contribution in [-0.2, 0) is 28.5 Å². The monoisotopic (exact) mass is 538 g/mol. The fourth-order valence-corrected chi connectivity index (χ4v) is 5.02. The number of rotatable bonds is 15. The summed E-state index contributed by atoms with van der Waals surface area (Å²) in [6, 6.07) is -0.0848. The van der Waals surface area contributed by atoms with E-state index in [4.69, 9.17) is 17.3 Å². The summed E-state index contributed by atoms with van der Waals surface area (Å²) in [7, 11) is 8.75. The molecule has 0 fully saturated rings. The Morgan fingerprint density at radius 1 is 1.06 bits per heavy atom. The first-order valence-electron chi connectivity index (χ1n) is 10.7. The standard InChI is InChI=1S/C20H35BN2O8S3/c1-7-28-19(27)30-13(2)29-16(24)10-22-17(25)15(21)12-34-33-11-14(8-9-32-6)23-18(26)31-20(3,4)5/h13-15H,7-12H2,1-6H3,(H,22,25)(H,23,26)/t13?,14-,15+/m0/s1. The molecule has 0 aromatic rings. The highest BCUT2D eigenvalue weighted by atomic mass is 33.1. The minimum atomic E-state index is -1.16. The molecule has 0 aliphatic rings. The molecule has 194 valence electrons. The van der Waals surface area contributed by atoms with E-state index >= 15 is 0 Å². The molecular weight excluding hydrogens is 503 g/mol. The number of esters is 1. The molecule has 0 aromatic carbocycles. The molecule has 2 amide bonds. The van der Waals surface area contributed by atoms with E-state index < -0.39 is 48.4 Å². The highest BCUT2D eigenvalue weighted by Crippen LogP contribution is 2.26. The fraction of sp³-hybridized carbons (Fsp3) is 0.800. The van der Waals surface area contributed by atoms with Gasteiger partial charge in [-0.3, -0.25) is 9.59 Å². The van der Waals surface area contributed by atoms with Crippen molar-refractivity contribution in [1.82, 2.24) is 10.6 Å². The number of hydrogen-bond acceptors (Lipinski definition) is 11. The molecular formula is C20H35BN2O8S3. The molecule has 2 N–H and O–H groups in total. The Hall–Kier alpha value is -1.41. The van der Waals surface area contributed by atoms with Crippen molar-refractivity contribution in [2.24, 2.45) is 0 Å². The van der Waals surface area contributed by atoms with Crippen LogP contribution in [0.5, 0.6) is 0 Å². The largest absolute Gasteiger partial charge is 0.511 e. The molecule has 0 aliphatic carbocycles. The SMILES string of the molecule is [B][C@H](CSSC[C@H](CCSC)NC(=O)OC(C)(C)C)C(=O)NCC(=O)OC(C)OC(=O)OCC. The molecule has 0 spiro atoms. The van der Waals surface area contributed by atoms with E-state index in [1.54, 1.807) is 39.5 Å². The smallest absolute Gasteiger partial charge is 0.444 e. The van der Waals surface area contributed by atoms with Gasteiger partial charge in [0.25, 0.3) is 0 Å². The number of carbonyl (C=O) groups is 4. The van der Waals surface area contributed by atoms with Gasteiger partial charge in [0.05, 0.1) is 14.5 Å². The predicted molar refractivity (Wildman–Crippen MR) is 137 cm³/mol. The van der Waals surface area contributed by atoms with Gasteiger partial charge >= 0.3 is 18.2 Å². The Kier molecular flexibility index (Phi) is 17.2. The van der Waals surface area contributed by atoms with Crippen LogP contribution in [0.3, 0.4) is 0 Å². The third-order valence-electron chi connectivity index (χ3n) is 3.56. The highest BCUT2D eigenvalue weighted by molar-refractivity contribution is 8.76. The maximum absolute atomic E-state index is 12.1. The van der Waals surface area contributed by atoms with Crippen molar-refractivity contribution in [2.45, 2.75) is 64.8 Å². The van der Waals surface area contributed by atoms with E-state index in [2.05, 4.69) is 20.1 Å². The number of thioether (sulfide) groups is 1. The zero-order valence-corrected chi connectivity index (χ0v) is 23.0. The van der Waals surface area contributed by atoms with Crippen molar-refractivity contribution in [3.8, 4) is 0 Å². The van der Waals surface area contributed by atoms with Gasteiger partial charge in [0.1, 0.15) is 12.1 Å². The van der Waals surface area contributed by atoms with Crippen molar-refractivity contribution in [3.05, 3.63) is 0 Å². The molecule has 0 aromatic heterocycles. The summed E-state index contributed by atoms with van der Waals surface area (Å²) < 4.78 is 19.4. The summed E-state index contributed by atoms with van der Waals surface area (Å²) in [5.41, 5.74) is -0.575. The number of carbonyl (C=O) groups excluding carboxylic acids is 4. The summed E-state index contributed by atoms with van der Waals surface area (Å²) in [5.74, 6) is -0.354. The number of nitrogens with one attached hydrogen (secondary N) is 2. The van der Waals surface area contributed by atoms with Gasteiger partial charge in [-0.15, -0.1) is 0 Å². The van der Waals surface area contributed by atoms with Crippen molar-refractivity contribution < 1.29 is 38.1 Å². The maximum Gasteiger partial charge on any atom is 0.511 e. The van der Waals surface area contributed by atoms with Crippen LogP contribution in [0.25, 0.3) is 0 Å². The Morgan fingerprint density at radius 2 is 1.71 bits per heavy atom. The molecule has 0 saturated carbocycles. The van der Waals surface area contributed by atoms with Crippen LogP contribution in [0.2, 0.25) is 5.82 Å². The lowest BCUT2D eigenvalue weighted by Crippen LogP contribution is -2.40. The third-order valence-corrected chi connectivity index (χ3v) is 6.72. The maximum atomic E-state index is 12.1. The van der Waals surface area contributed by atoms with Crippen LogP contribution in [0.1, 0.15) is 41.0 Å². The van der Waals surface area contributed by atoms with Gasteiger partial charge in [-0.2, -0.15) is 11.8 Å². The quantitative estimate of drug-likeness (QED) is 0.0797. The summed E-state index contributed by atoms with van der Waals surface area (Å²) in [5, 5.41) is 5.26. The van der Waals surface area contributed by atoms with Crippen LogP contribution in [0.15, 0.2) is 0 Å². The zero-order chi connectivity index (χ0) is 26.1. The first-order valence-corrected chi connectivity index (χ1v) is 14.5. The number of ether oxygens (including phenoxy) is 4. The Bertz CT molecular complexity index is 652. The third kappa shape index (κ3) is 18.0. The fourth-order valence-electron chi connectivity index (χ4n) is 2.09. The minimum Gasteiger partial charge on any atom is -0.444 e. The Morgan fingerprint density at radius 3 is 2.29 bits per heavy atom. The lowest BCUT2D eigenvalue weighted by molar-refractivity contribution is -0.167. The van der Waals surface area contributed by atoms with Crippen LogP contribution >= 0.6 is 33.3 Å². The van der Waals surface area contributed by atoms with Crippen molar-refractivity contribution in [3.63, 3.8) is 0 Å². The summed E-state index contributed by atoms with van der Waals surface area (Å²) in [6.45, 7) is 8.08. The Balaban J connectivity index is 4.27. The number of alkyl carbamates (subject to hydrolysis) is 1. The van der Waals surface area contributed by atoms with Crippen molar-refractivity contribution in [2.75, 3.05) is 36.7 Å². The molecule has 1 unspecified atom stereocenters. The van der Waals surface area contributed by atoms with E-state index in [0.717, 1.165) is 12.2 Å². The minimum absolute atomic E-state index is 0.0848. The first kappa shape index (κ1) is 32.6. The van der Waals surface area contributed by atoms with E-state index in [-0.39, 0.29) is 12.6 Å². The predicted octanol–water partition coefficient (Wildman–Crippen LogP) is 3.15. The molecule has 14 heteroatoms. The molecule has 0 saturated heterocycles. The van der Waals surface area contributed by atoms with Gasteiger partial charge in [-0.25, -0.2) is 9.59 Å². The van der Waals surface area contributed by atoms with Crippen LogP contribution < -0.4 is 10.6 Å². The molecule has 3 atom stereocenters. The molecule has 0 rings (SSSR count). The molecule has 0 aliphatic heterocycles. The van der Waals surface area contributed by atoms with Gasteiger partial charge in [0, 0.05) is 30.3 Å². The van der Waals surface area contributed by atoms with Gasteiger partial charge in [-0.05, 0) is 46.1 Å². The molecule has 10 nitrogen and oxygen atoms in total. The van der Waals surface area contributed by atoms with E-state index in [0.29, 0.717) is 11.5 Å². The molecule has 2 radical (unpaired) electrons. The van der Waals surface area contributed by atoms with Crippen LogP contribution in [0, 0.1) is 0 Å². The lowest BCUT2D eigenvalue weighted by atomic mass is 9.89. The second kappa shape index (κ2) is 17.9. The summed E-state index contributed by atoms with van der Waals surface area (Å²) in [4.78, 5) is 47.0. The summed E-state index contributed by atoms with van der Waals surface area (Å²) >= 11 is 1.68. The van der Waals surface area contributed by atoms with Gasteiger partial charge in [-0.1, -0.05) is 21.6 Å². The molecule has 34 heavy (non-hydrogen) atoms. The second-order valence-corrected chi connectivity index (χ2v) is 11.4. The lowest BCUT2D eigenvalue weighted by Gasteiger charge is -2.23. The average molecular weight is 539 g/mol. The topological polar surface area (TPSA) is 129 Å². The number of hydrogen-bond donors (Lipinski definition) is 2. The van der Waals surface area contributed by atoms with Gasteiger partial charge < -0.3 is 29.6 Å². The van der Waals surface area contributed by atoms with Crippen LogP contribution in [0.4, 0.5) is 9.59 Å². The summed E-state index contributed by atoms with van der Waals surface area (Å²) in [6.07, 6.45) is 0.196. The van der Waals surface area contributed by atoms with Crippen molar-refractivity contribution in [1.29, 1.82) is 0 Å². The van der Waals surface area contributed by atoms with E-state index in [1.165, 1.54) is 28.5 Å². The average Bonchev–Trinajstić information content (AvgIpc) is 2.71. The number of amides is 2. The van der Waals surface area contributed by atoms with E-state index in [1.807, 2.05) is 6.26 Å². The Labute approximate surface area is 215 Å². The molecule has 0 heterocycles. The second-order valence-electron chi connectivity index (χ2n) is 7.88. The van der Waals surface area contributed by atoms with Gasteiger partial charge in [0.15, 0.2) is 0 Å². The zero-order valence-electron chi connectivity index (χ0n) is 20.5. The normalized spacial score (nSPS) is 13.7. The van der Waals surface area contributed by atoms with Crippen molar-refractivity contribution >= 4 is 65.3 Å². The van der Waals surface area contributed by atoms with Gasteiger partial charge in [0.2, 0.25) is 12.2 Å². The highest BCUT2D eigenvalue weighted by Gasteiger charge is 2.21. The van der Waals surface area contributed by atoms with E-state index in [9.17, 15) is 19.2 Å². The molecule has 0 bridgehead atoms. The van der Waals surface area contributed by atoms with Crippen LogP contribution in [-0.4, -0.2) is 86.6 Å². The first-order chi connectivity index (χ1) is 15.9.